The number of hydrogen-bond donors (Lipinski definition) is 0. The van der Waals surface area contributed by atoms with Crippen LogP contribution in [0, 0.1) is 0 Å². The Balaban J connectivity index is 2.17. The quantitative estimate of drug-likeness (QED) is 0.695. The summed E-state index contributed by atoms with van der Waals surface area (Å²) in [5, 5.41) is 5.87. The highest BCUT2D eigenvalue weighted by molar-refractivity contribution is 5.93. The third-order valence-corrected chi connectivity index (χ3v) is 3.67. The fourth-order valence-corrected chi connectivity index (χ4v) is 2.50. The lowest BCUT2D eigenvalue weighted by Gasteiger charge is -2.10. The maximum absolute atomic E-state index is 12.6. The smallest absolute Gasteiger partial charge is 0.307 e. The lowest BCUT2D eigenvalue weighted by atomic mass is 10.1. The van der Waals surface area contributed by atoms with Gasteiger partial charge in [-0.25, -0.2) is 4.68 Å². The molecule has 0 aliphatic heterocycles. The average molecular weight is 308 g/mol. The minimum atomic E-state index is -0.367. The summed E-state index contributed by atoms with van der Waals surface area (Å²) in [7, 11) is 1.33. The molecule has 1 aromatic heterocycles. The summed E-state index contributed by atoms with van der Waals surface area (Å²) in [5.41, 5.74) is 1.45. The van der Waals surface area contributed by atoms with Gasteiger partial charge in [0.05, 0.1) is 31.2 Å². The van der Waals surface area contributed by atoms with Crippen molar-refractivity contribution in [3.05, 3.63) is 65.0 Å². The zero-order valence-corrected chi connectivity index (χ0v) is 12.7. The Labute approximate surface area is 133 Å². The van der Waals surface area contributed by atoms with Crippen LogP contribution in [0.2, 0.25) is 0 Å². The van der Waals surface area contributed by atoms with Crippen molar-refractivity contribution in [2.75, 3.05) is 7.11 Å². The molecular weight excluding hydrogens is 292 g/mol. The van der Waals surface area contributed by atoms with E-state index in [9.17, 15) is 9.59 Å². The van der Waals surface area contributed by atoms with Crippen LogP contribution in [0.5, 0.6) is 0 Å². The summed E-state index contributed by atoms with van der Waals surface area (Å²) < 4.78 is 5.97. The van der Waals surface area contributed by atoms with Crippen molar-refractivity contribution >= 4 is 16.7 Å². The minimum Gasteiger partial charge on any atom is -0.469 e. The molecule has 0 aliphatic carbocycles. The Morgan fingerprint density at radius 2 is 1.70 bits per heavy atom. The molecular formula is C18H16N2O3. The molecule has 0 saturated carbocycles. The number of benzene rings is 2. The maximum Gasteiger partial charge on any atom is 0.307 e. The third-order valence-electron chi connectivity index (χ3n) is 3.67. The van der Waals surface area contributed by atoms with E-state index >= 15 is 0 Å². The zero-order valence-electron chi connectivity index (χ0n) is 12.7. The van der Waals surface area contributed by atoms with Crippen molar-refractivity contribution in [1.82, 2.24) is 9.78 Å². The minimum absolute atomic E-state index is 0.107. The van der Waals surface area contributed by atoms with E-state index in [1.165, 1.54) is 11.8 Å². The Bertz CT molecular complexity index is 901. The molecule has 0 spiro atoms. The molecule has 0 fully saturated rings. The summed E-state index contributed by atoms with van der Waals surface area (Å²) in [4.78, 5) is 23.9. The molecule has 5 nitrogen and oxygen atoms in total. The van der Waals surface area contributed by atoms with Gasteiger partial charge in [0.1, 0.15) is 0 Å². The van der Waals surface area contributed by atoms with Crippen LogP contribution >= 0.6 is 0 Å². The van der Waals surface area contributed by atoms with Crippen molar-refractivity contribution in [1.29, 1.82) is 0 Å². The van der Waals surface area contributed by atoms with Crippen molar-refractivity contribution < 1.29 is 9.53 Å². The van der Waals surface area contributed by atoms with Crippen LogP contribution in [0.4, 0.5) is 0 Å². The number of carbonyl (C=O) groups excluding carboxylic acids is 1. The first-order valence-corrected chi connectivity index (χ1v) is 7.33. The molecule has 0 N–H and O–H groups in total. The van der Waals surface area contributed by atoms with Crippen molar-refractivity contribution in [3.63, 3.8) is 0 Å². The average Bonchev–Trinajstić information content (AvgIpc) is 2.61. The van der Waals surface area contributed by atoms with Gasteiger partial charge in [-0.2, -0.15) is 5.10 Å². The molecule has 0 radical (unpaired) electrons. The van der Waals surface area contributed by atoms with E-state index < -0.39 is 0 Å². The normalized spacial score (nSPS) is 10.7. The Kier molecular flexibility index (Phi) is 4.19. The highest BCUT2D eigenvalue weighted by atomic mass is 16.5. The zero-order chi connectivity index (χ0) is 16.2. The predicted molar refractivity (Wildman–Crippen MR) is 88.1 cm³/mol. The molecule has 0 unspecified atom stereocenters. The van der Waals surface area contributed by atoms with Crippen molar-refractivity contribution in [3.8, 4) is 11.3 Å². The van der Waals surface area contributed by atoms with E-state index in [1.54, 1.807) is 6.07 Å². The summed E-state index contributed by atoms with van der Waals surface area (Å²) in [6.07, 6.45) is 0.107. The van der Waals surface area contributed by atoms with E-state index in [1.807, 2.05) is 48.5 Å². The third kappa shape index (κ3) is 2.99. The molecule has 2 aromatic carbocycles. The molecule has 116 valence electrons. The van der Waals surface area contributed by atoms with Crippen molar-refractivity contribution in [2.24, 2.45) is 0 Å². The summed E-state index contributed by atoms with van der Waals surface area (Å²) >= 11 is 0. The first kappa shape index (κ1) is 15.0. The van der Waals surface area contributed by atoms with Gasteiger partial charge in [0.2, 0.25) is 0 Å². The van der Waals surface area contributed by atoms with Gasteiger partial charge in [-0.15, -0.1) is 0 Å². The lowest BCUT2D eigenvalue weighted by molar-refractivity contribution is -0.140. The number of hydrogen-bond acceptors (Lipinski definition) is 4. The molecule has 0 bridgehead atoms. The van der Waals surface area contributed by atoms with Crippen molar-refractivity contribution in [2.45, 2.75) is 13.0 Å². The first-order valence-electron chi connectivity index (χ1n) is 7.33. The van der Waals surface area contributed by atoms with Crippen LogP contribution in [0.15, 0.2) is 59.4 Å². The van der Waals surface area contributed by atoms with E-state index in [-0.39, 0.29) is 24.5 Å². The van der Waals surface area contributed by atoms with Gasteiger partial charge in [-0.1, -0.05) is 48.5 Å². The number of esters is 1. The summed E-state index contributed by atoms with van der Waals surface area (Å²) in [6, 6.07) is 17.0. The summed E-state index contributed by atoms with van der Waals surface area (Å²) in [5.74, 6) is -0.367. The van der Waals surface area contributed by atoms with Gasteiger partial charge in [0, 0.05) is 10.9 Å². The van der Waals surface area contributed by atoms with Crippen LogP contribution in [-0.2, 0) is 16.1 Å². The molecule has 0 amide bonds. The fourth-order valence-electron chi connectivity index (χ4n) is 2.50. The lowest BCUT2D eigenvalue weighted by Crippen LogP contribution is -2.25. The van der Waals surface area contributed by atoms with E-state index in [4.69, 9.17) is 0 Å². The number of ether oxygens (including phenoxy) is 1. The van der Waals surface area contributed by atoms with Crippen LogP contribution in [0.3, 0.4) is 0 Å². The highest BCUT2D eigenvalue weighted by Crippen LogP contribution is 2.24. The summed E-state index contributed by atoms with van der Waals surface area (Å²) in [6.45, 7) is 0.191. The second-order valence-electron chi connectivity index (χ2n) is 5.11. The monoisotopic (exact) mass is 308 g/mol. The van der Waals surface area contributed by atoms with E-state index in [0.717, 1.165) is 16.6 Å². The number of aryl methyl sites for hydroxylation is 1. The largest absolute Gasteiger partial charge is 0.469 e. The SMILES string of the molecule is COC(=O)CCn1nc(-c2ccccc2)c2ccccc2c1=O. The van der Waals surface area contributed by atoms with Gasteiger partial charge < -0.3 is 4.74 Å². The second-order valence-corrected chi connectivity index (χ2v) is 5.11. The molecule has 3 aromatic rings. The molecule has 5 heteroatoms. The fraction of sp³-hybridized carbons (Fsp3) is 0.167. The van der Waals surface area contributed by atoms with E-state index in [2.05, 4.69) is 9.84 Å². The van der Waals surface area contributed by atoms with Crippen LogP contribution in [0.1, 0.15) is 6.42 Å². The number of carbonyl (C=O) groups is 1. The standard InChI is InChI=1S/C18H16N2O3/c1-23-16(21)11-12-20-18(22)15-10-6-5-9-14(15)17(19-20)13-7-3-2-4-8-13/h2-10H,11-12H2,1H3. The molecule has 1 heterocycles. The van der Waals surface area contributed by atoms with Gasteiger partial charge in [0.15, 0.2) is 0 Å². The van der Waals surface area contributed by atoms with E-state index in [0.29, 0.717) is 5.39 Å². The van der Waals surface area contributed by atoms with Gasteiger partial charge >= 0.3 is 5.97 Å². The molecule has 23 heavy (non-hydrogen) atoms. The van der Waals surface area contributed by atoms with Gasteiger partial charge in [-0.05, 0) is 6.07 Å². The Hall–Kier alpha value is -2.95. The van der Waals surface area contributed by atoms with Crippen LogP contribution < -0.4 is 5.56 Å². The highest BCUT2D eigenvalue weighted by Gasteiger charge is 2.12. The molecule has 0 atom stereocenters. The van der Waals surface area contributed by atoms with Gasteiger partial charge in [0.25, 0.3) is 5.56 Å². The Morgan fingerprint density at radius 3 is 2.39 bits per heavy atom. The number of fused-ring (bicyclic) bond motifs is 1. The molecule has 0 aliphatic rings. The molecule has 0 saturated heterocycles. The molecule has 3 rings (SSSR count). The maximum atomic E-state index is 12.6. The predicted octanol–water partition coefficient (Wildman–Crippen LogP) is 2.63. The second kappa shape index (κ2) is 6.44. The van der Waals surface area contributed by atoms with Crippen LogP contribution in [0.25, 0.3) is 22.0 Å². The number of aromatic nitrogens is 2. The number of methoxy groups -OCH3 is 1. The number of nitrogens with zero attached hydrogens (tertiary/aromatic N) is 2. The number of rotatable bonds is 4. The topological polar surface area (TPSA) is 61.2 Å². The Morgan fingerprint density at radius 1 is 1.04 bits per heavy atom. The van der Waals surface area contributed by atoms with Crippen LogP contribution in [-0.4, -0.2) is 22.9 Å². The van der Waals surface area contributed by atoms with Gasteiger partial charge in [-0.3, -0.25) is 9.59 Å². The first-order chi connectivity index (χ1) is 11.2.